The van der Waals surface area contributed by atoms with E-state index in [1.807, 2.05) is 19.1 Å². The van der Waals surface area contributed by atoms with E-state index in [0.29, 0.717) is 19.1 Å². The minimum atomic E-state index is 0.123. The number of benzene rings is 1. The normalized spacial score (nSPS) is 10.3. The van der Waals surface area contributed by atoms with E-state index in [-0.39, 0.29) is 11.3 Å². The summed E-state index contributed by atoms with van der Waals surface area (Å²) in [7, 11) is 0. The fraction of sp³-hybridized carbons (Fsp3) is 0.357. The third kappa shape index (κ3) is 4.35. The molecule has 0 fully saturated rings. The highest BCUT2D eigenvalue weighted by molar-refractivity contribution is 6.28. The van der Waals surface area contributed by atoms with Crippen LogP contribution in [0.1, 0.15) is 24.5 Å². The molecular weight excluding hydrogens is 276 g/mol. The minimum Gasteiger partial charge on any atom is -0.463 e. The number of ether oxygens (including phenoxy) is 1. The summed E-state index contributed by atoms with van der Waals surface area (Å²) in [5, 5.41) is 3.24. The Morgan fingerprint density at radius 2 is 2.10 bits per heavy atom. The number of hydrogen-bond donors (Lipinski definition) is 1. The number of rotatable bonds is 6. The number of aromatic nitrogens is 3. The van der Waals surface area contributed by atoms with Crippen LogP contribution in [0.2, 0.25) is 5.28 Å². The topological polar surface area (TPSA) is 59.9 Å². The van der Waals surface area contributed by atoms with Gasteiger partial charge in [-0.2, -0.15) is 15.0 Å². The maximum Gasteiger partial charge on any atom is 0.322 e. The van der Waals surface area contributed by atoms with Gasteiger partial charge in [0.15, 0.2) is 0 Å². The van der Waals surface area contributed by atoms with Gasteiger partial charge in [-0.1, -0.05) is 36.8 Å². The van der Waals surface area contributed by atoms with Gasteiger partial charge in [-0.25, -0.2) is 0 Å². The molecule has 2 aromatic rings. The van der Waals surface area contributed by atoms with Crippen molar-refractivity contribution < 1.29 is 4.74 Å². The Kier molecular flexibility index (Phi) is 5.12. The molecule has 6 heteroatoms. The lowest BCUT2D eigenvalue weighted by atomic mass is 10.1. The molecule has 0 aliphatic heterocycles. The van der Waals surface area contributed by atoms with Gasteiger partial charge in [0.05, 0.1) is 6.61 Å². The average molecular weight is 293 g/mol. The average Bonchev–Trinajstić information content (AvgIpc) is 2.42. The van der Waals surface area contributed by atoms with Crippen LogP contribution in [0.5, 0.6) is 6.01 Å². The fourth-order valence-corrected chi connectivity index (χ4v) is 1.82. The minimum absolute atomic E-state index is 0.123. The van der Waals surface area contributed by atoms with E-state index >= 15 is 0 Å². The predicted octanol–water partition coefficient (Wildman–Crippen LogP) is 3.23. The standard InChI is InChI=1S/C14H17ClN4O/c1-3-7-20-14-18-12(15)17-13(19-14)16-9-11-6-4-5-10(2)8-11/h4-6,8H,3,7,9H2,1-2H3,(H,16,17,18,19). The van der Waals surface area contributed by atoms with Crippen molar-refractivity contribution in [2.24, 2.45) is 0 Å². The molecule has 20 heavy (non-hydrogen) atoms. The van der Waals surface area contributed by atoms with Crippen molar-refractivity contribution in [1.29, 1.82) is 0 Å². The molecule has 0 spiro atoms. The number of nitrogens with one attached hydrogen (secondary N) is 1. The van der Waals surface area contributed by atoms with Crippen LogP contribution in [0.3, 0.4) is 0 Å². The predicted molar refractivity (Wildman–Crippen MR) is 79.1 cm³/mol. The lowest BCUT2D eigenvalue weighted by Crippen LogP contribution is -2.07. The number of nitrogens with zero attached hydrogens (tertiary/aromatic N) is 3. The van der Waals surface area contributed by atoms with Crippen LogP contribution in [0.4, 0.5) is 5.95 Å². The molecule has 0 unspecified atom stereocenters. The Hall–Kier alpha value is -1.88. The third-order valence-electron chi connectivity index (χ3n) is 2.56. The second kappa shape index (κ2) is 7.05. The zero-order valence-corrected chi connectivity index (χ0v) is 12.3. The van der Waals surface area contributed by atoms with Gasteiger partial charge >= 0.3 is 6.01 Å². The molecule has 1 aromatic heterocycles. The van der Waals surface area contributed by atoms with E-state index < -0.39 is 0 Å². The van der Waals surface area contributed by atoms with Crippen LogP contribution in [0.15, 0.2) is 24.3 Å². The van der Waals surface area contributed by atoms with E-state index in [1.54, 1.807) is 0 Å². The molecule has 0 aliphatic rings. The van der Waals surface area contributed by atoms with E-state index in [0.717, 1.165) is 12.0 Å². The molecule has 0 bridgehead atoms. The molecule has 0 aliphatic carbocycles. The van der Waals surface area contributed by atoms with Crippen molar-refractivity contribution in [2.75, 3.05) is 11.9 Å². The zero-order valence-electron chi connectivity index (χ0n) is 11.6. The molecule has 106 valence electrons. The highest BCUT2D eigenvalue weighted by Gasteiger charge is 2.05. The SMILES string of the molecule is CCCOc1nc(Cl)nc(NCc2cccc(C)c2)n1. The number of aryl methyl sites for hydroxylation is 1. The molecule has 2 rings (SSSR count). The van der Waals surface area contributed by atoms with Gasteiger partial charge in [-0.15, -0.1) is 0 Å². The molecule has 0 atom stereocenters. The van der Waals surface area contributed by atoms with E-state index in [2.05, 4.69) is 39.3 Å². The Morgan fingerprint density at radius 1 is 1.25 bits per heavy atom. The number of hydrogen-bond acceptors (Lipinski definition) is 5. The van der Waals surface area contributed by atoms with Crippen molar-refractivity contribution in [2.45, 2.75) is 26.8 Å². The summed E-state index contributed by atoms with van der Waals surface area (Å²) in [5.74, 6) is 0.414. The van der Waals surface area contributed by atoms with Gasteiger partial charge in [-0.3, -0.25) is 0 Å². The molecule has 0 amide bonds. The van der Waals surface area contributed by atoms with Gasteiger partial charge in [0.1, 0.15) is 0 Å². The van der Waals surface area contributed by atoms with Crippen molar-refractivity contribution in [3.05, 3.63) is 40.7 Å². The van der Waals surface area contributed by atoms with Crippen molar-refractivity contribution in [3.8, 4) is 6.01 Å². The molecule has 5 nitrogen and oxygen atoms in total. The van der Waals surface area contributed by atoms with Crippen molar-refractivity contribution >= 4 is 17.5 Å². The van der Waals surface area contributed by atoms with E-state index in [9.17, 15) is 0 Å². The smallest absolute Gasteiger partial charge is 0.322 e. The zero-order chi connectivity index (χ0) is 14.4. The largest absolute Gasteiger partial charge is 0.463 e. The quantitative estimate of drug-likeness (QED) is 0.886. The Morgan fingerprint density at radius 3 is 2.85 bits per heavy atom. The monoisotopic (exact) mass is 292 g/mol. The summed E-state index contributed by atoms with van der Waals surface area (Å²) in [6, 6.07) is 8.46. The van der Waals surface area contributed by atoms with Crippen LogP contribution in [0, 0.1) is 6.92 Å². The van der Waals surface area contributed by atoms with Gasteiger partial charge in [-0.05, 0) is 30.5 Å². The highest BCUT2D eigenvalue weighted by Crippen LogP contribution is 2.13. The van der Waals surface area contributed by atoms with Gasteiger partial charge in [0.2, 0.25) is 11.2 Å². The molecule has 1 aromatic carbocycles. The van der Waals surface area contributed by atoms with Gasteiger partial charge < -0.3 is 10.1 Å². The molecule has 0 saturated heterocycles. The first-order valence-corrected chi connectivity index (χ1v) is 6.89. The maximum absolute atomic E-state index is 5.85. The van der Waals surface area contributed by atoms with E-state index in [1.165, 1.54) is 5.56 Å². The molecule has 1 N–H and O–H groups in total. The number of halogens is 1. The molecule has 1 heterocycles. The summed E-state index contributed by atoms with van der Waals surface area (Å²) >= 11 is 5.85. The van der Waals surface area contributed by atoms with Crippen LogP contribution in [-0.2, 0) is 6.54 Å². The highest BCUT2D eigenvalue weighted by atomic mass is 35.5. The Bertz CT molecular complexity index is 577. The maximum atomic E-state index is 5.85. The summed E-state index contributed by atoms with van der Waals surface area (Å²) in [6.07, 6.45) is 0.884. The van der Waals surface area contributed by atoms with Crippen LogP contribution < -0.4 is 10.1 Å². The summed E-state index contributed by atoms with van der Waals surface area (Å²) in [6.45, 7) is 5.24. The first-order chi connectivity index (χ1) is 9.67. The molecular formula is C14H17ClN4O. The van der Waals surface area contributed by atoms with Crippen LogP contribution in [-0.4, -0.2) is 21.6 Å². The first-order valence-electron chi connectivity index (χ1n) is 6.51. The Labute approximate surface area is 123 Å². The lowest BCUT2D eigenvalue weighted by Gasteiger charge is -2.08. The second-order valence-electron chi connectivity index (χ2n) is 4.40. The van der Waals surface area contributed by atoms with Gasteiger partial charge in [0, 0.05) is 6.54 Å². The lowest BCUT2D eigenvalue weighted by molar-refractivity contribution is 0.291. The van der Waals surface area contributed by atoms with Crippen molar-refractivity contribution in [1.82, 2.24) is 15.0 Å². The fourth-order valence-electron chi connectivity index (χ4n) is 1.67. The van der Waals surface area contributed by atoms with Crippen LogP contribution >= 0.6 is 11.6 Å². The summed E-state index contributed by atoms with van der Waals surface area (Å²) in [4.78, 5) is 12.1. The Balaban J connectivity index is 2.03. The van der Waals surface area contributed by atoms with E-state index in [4.69, 9.17) is 16.3 Å². The first kappa shape index (κ1) is 14.5. The molecule has 0 radical (unpaired) electrons. The van der Waals surface area contributed by atoms with Gasteiger partial charge in [0.25, 0.3) is 0 Å². The van der Waals surface area contributed by atoms with Crippen molar-refractivity contribution in [3.63, 3.8) is 0 Å². The second-order valence-corrected chi connectivity index (χ2v) is 4.74. The van der Waals surface area contributed by atoms with Crippen LogP contribution in [0.25, 0.3) is 0 Å². The molecule has 0 saturated carbocycles. The summed E-state index contributed by atoms with van der Waals surface area (Å²) in [5.41, 5.74) is 2.36. The third-order valence-corrected chi connectivity index (χ3v) is 2.73. The number of anilines is 1. The summed E-state index contributed by atoms with van der Waals surface area (Å²) < 4.78 is 5.36.